The lowest BCUT2D eigenvalue weighted by Crippen LogP contribution is -2.33. The van der Waals surface area contributed by atoms with Crippen molar-refractivity contribution in [2.45, 2.75) is 11.8 Å². The van der Waals surface area contributed by atoms with Gasteiger partial charge in [0.05, 0.1) is 21.2 Å². The lowest BCUT2D eigenvalue weighted by molar-refractivity contribution is 0.571. The smallest absolute Gasteiger partial charge is 0.279 e. The topological polar surface area (TPSA) is 111 Å². The SMILES string of the molecule is C=c1[nH]n(-c2ccc(S(N)(=O)=O)cc2)c(=O)/c1=C/c1ccc(-c2ccc(C)c(Cl)c2)o1. The molecule has 9 heteroatoms. The van der Waals surface area contributed by atoms with Gasteiger partial charge in [0.25, 0.3) is 5.56 Å². The van der Waals surface area contributed by atoms with Crippen molar-refractivity contribution in [2.75, 3.05) is 0 Å². The van der Waals surface area contributed by atoms with Crippen molar-refractivity contribution in [3.8, 4) is 17.0 Å². The van der Waals surface area contributed by atoms with Crippen LogP contribution in [0.2, 0.25) is 5.02 Å². The fourth-order valence-corrected chi connectivity index (χ4v) is 3.78. The molecule has 0 bridgehead atoms. The van der Waals surface area contributed by atoms with Crippen molar-refractivity contribution >= 4 is 34.3 Å². The molecule has 0 spiro atoms. The Bertz CT molecular complexity index is 1560. The number of aromatic amines is 1. The Hall–Kier alpha value is -3.33. The molecule has 0 fully saturated rings. The molecule has 0 radical (unpaired) electrons. The van der Waals surface area contributed by atoms with Crippen molar-refractivity contribution in [1.82, 2.24) is 9.78 Å². The van der Waals surface area contributed by atoms with E-state index in [0.29, 0.717) is 32.8 Å². The Morgan fingerprint density at radius 3 is 2.48 bits per heavy atom. The monoisotopic (exact) mass is 455 g/mol. The first kappa shape index (κ1) is 20.9. The second-order valence-corrected chi connectivity index (χ2v) is 8.96. The van der Waals surface area contributed by atoms with E-state index in [1.54, 1.807) is 18.2 Å². The van der Waals surface area contributed by atoms with E-state index in [1.807, 2.05) is 25.1 Å². The quantitative estimate of drug-likeness (QED) is 0.491. The fraction of sp³-hybridized carbons (Fsp3) is 0.0455. The summed E-state index contributed by atoms with van der Waals surface area (Å²) in [7, 11) is -3.82. The van der Waals surface area contributed by atoms with Crippen LogP contribution >= 0.6 is 11.6 Å². The van der Waals surface area contributed by atoms with Crippen LogP contribution in [0.1, 0.15) is 11.3 Å². The maximum Gasteiger partial charge on any atom is 0.279 e. The maximum absolute atomic E-state index is 12.9. The highest BCUT2D eigenvalue weighted by atomic mass is 35.5. The largest absolute Gasteiger partial charge is 0.457 e. The zero-order valence-corrected chi connectivity index (χ0v) is 18.0. The lowest BCUT2D eigenvalue weighted by Gasteiger charge is -2.02. The number of primary sulfonamides is 1. The minimum absolute atomic E-state index is 0.0446. The molecule has 2 heterocycles. The average molecular weight is 456 g/mol. The third kappa shape index (κ3) is 4.13. The highest BCUT2D eigenvalue weighted by Crippen LogP contribution is 2.27. The Morgan fingerprint density at radius 1 is 1.13 bits per heavy atom. The number of hydrogen-bond donors (Lipinski definition) is 2. The number of H-pyrrole nitrogens is 1. The zero-order chi connectivity index (χ0) is 22.3. The van der Waals surface area contributed by atoms with Gasteiger partial charge >= 0.3 is 0 Å². The first-order valence-corrected chi connectivity index (χ1v) is 11.1. The summed E-state index contributed by atoms with van der Waals surface area (Å²) in [6, 6.07) is 14.8. The predicted octanol–water partition coefficient (Wildman–Crippen LogP) is 2.27. The van der Waals surface area contributed by atoms with Gasteiger partial charge in [0.1, 0.15) is 11.5 Å². The molecule has 4 rings (SSSR count). The number of nitrogens with two attached hydrogens (primary N) is 1. The summed E-state index contributed by atoms with van der Waals surface area (Å²) in [4.78, 5) is 12.8. The van der Waals surface area contributed by atoms with Gasteiger partial charge in [-0.15, -0.1) is 0 Å². The maximum atomic E-state index is 12.9. The van der Waals surface area contributed by atoms with E-state index < -0.39 is 10.0 Å². The van der Waals surface area contributed by atoms with E-state index in [2.05, 4.69) is 11.7 Å². The Morgan fingerprint density at radius 2 is 1.84 bits per heavy atom. The van der Waals surface area contributed by atoms with E-state index in [9.17, 15) is 13.2 Å². The fourth-order valence-electron chi connectivity index (χ4n) is 3.08. The number of sulfonamides is 1. The van der Waals surface area contributed by atoms with E-state index >= 15 is 0 Å². The Kier molecular flexibility index (Phi) is 5.22. The van der Waals surface area contributed by atoms with Crippen LogP contribution in [0.3, 0.4) is 0 Å². The Balaban J connectivity index is 1.73. The molecule has 7 nitrogen and oxygen atoms in total. The van der Waals surface area contributed by atoms with Gasteiger partial charge in [-0.05, 0) is 61.0 Å². The number of rotatable bonds is 4. The number of halogens is 1. The molecule has 158 valence electrons. The Labute approximate surface area is 182 Å². The van der Waals surface area contributed by atoms with Crippen LogP contribution in [0.25, 0.3) is 29.7 Å². The van der Waals surface area contributed by atoms with Gasteiger partial charge in [0, 0.05) is 10.6 Å². The molecular weight excluding hydrogens is 438 g/mol. The molecule has 0 saturated heterocycles. The van der Waals surface area contributed by atoms with Gasteiger partial charge in [-0.3, -0.25) is 9.89 Å². The predicted molar refractivity (Wildman–Crippen MR) is 120 cm³/mol. The van der Waals surface area contributed by atoms with Crippen LogP contribution in [0, 0.1) is 6.92 Å². The van der Waals surface area contributed by atoms with E-state index in [4.69, 9.17) is 21.2 Å². The molecule has 31 heavy (non-hydrogen) atoms. The third-order valence-electron chi connectivity index (χ3n) is 4.80. The molecule has 0 amide bonds. The van der Waals surface area contributed by atoms with Gasteiger partial charge in [-0.2, -0.15) is 0 Å². The summed E-state index contributed by atoms with van der Waals surface area (Å²) in [5.41, 5.74) is 1.88. The molecule has 0 aliphatic heterocycles. The summed E-state index contributed by atoms with van der Waals surface area (Å²) < 4.78 is 30.0. The molecule has 0 saturated carbocycles. The number of nitrogens with one attached hydrogen (secondary N) is 1. The van der Waals surface area contributed by atoms with Crippen molar-refractivity contribution < 1.29 is 12.8 Å². The van der Waals surface area contributed by atoms with Crippen molar-refractivity contribution in [3.63, 3.8) is 0 Å². The van der Waals surface area contributed by atoms with Crippen LogP contribution in [0.4, 0.5) is 0 Å². The molecule has 3 N–H and O–H groups in total. The van der Waals surface area contributed by atoms with Crippen molar-refractivity contribution in [2.24, 2.45) is 5.14 Å². The van der Waals surface area contributed by atoms with E-state index in [0.717, 1.165) is 11.1 Å². The van der Waals surface area contributed by atoms with Gasteiger partial charge in [-0.25, -0.2) is 18.2 Å². The molecule has 4 aromatic rings. The number of furan rings is 1. The number of benzene rings is 2. The second kappa shape index (κ2) is 7.73. The van der Waals surface area contributed by atoms with Crippen LogP contribution in [-0.4, -0.2) is 18.2 Å². The molecular formula is C22H18ClN3O4S. The van der Waals surface area contributed by atoms with Crippen molar-refractivity contribution in [1.29, 1.82) is 0 Å². The van der Waals surface area contributed by atoms with Gasteiger partial charge in [0.15, 0.2) is 0 Å². The molecule has 0 unspecified atom stereocenters. The first-order chi connectivity index (χ1) is 14.6. The van der Waals surface area contributed by atoms with Gasteiger partial charge < -0.3 is 4.42 Å². The summed E-state index contributed by atoms with van der Waals surface area (Å²) >= 11 is 6.19. The lowest BCUT2D eigenvalue weighted by atomic mass is 10.1. The molecule has 0 aliphatic rings. The third-order valence-corrected chi connectivity index (χ3v) is 6.13. The number of aryl methyl sites for hydroxylation is 1. The minimum atomic E-state index is -3.82. The van der Waals surface area contributed by atoms with E-state index in [1.165, 1.54) is 28.9 Å². The molecule has 0 aliphatic carbocycles. The highest BCUT2D eigenvalue weighted by Gasteiger charge is 2.10. The standard InChI is InChI=1S/C22H18ClN3O4S/c1-13-3-4-15(11-20(13)23)21-10-7-17(30-21)12-19-14(2)25-26(22(19)27)16-5-8-18(9-6-16)31(24,28)29/h3-12,25H,2H2,1H3,(H2,24,28,29)/b19-12+. The summed E-state index contributed by atoms with van der Waals surface area (Å²) in [6.45, 7) is 5.80. The number of nitrogens with zero attached hydrogens (tertiary/aromatic N) is 1. The van der Waals surface area contributed by atoms with Crippen LogP contribution in [0.15, 0.2) is 68.7 Å². The number of aromatic nitrogens is 2. The zero-order valence-electron chi connectivity index (χ0n) is 16.4. The molecule has 0 atom stereocenters. The second-order valence-electron chi connectivity index (χ2n) is 6.99. The van der Waals surface area contributed by atoms with Crippen LogP contribution < -0.4 is 21.3 Å². The number of hydrogen-bond acceptors (Lipinski definition) is 4. The first-order valence-electron chi connectivity index (χ1n) is 9.15. The summed E-state index contributed by atoms with van der Waals surface area (Å²) in [6.07, 6.45) is 1.59. The average Bonchev–Trinajstić information content (AvgIpc) is 3.30. The van der Waals surface area contributed by atoms with E-state index in [-0.39, 0.29) is 10.5 Å². The minimum Gasteiger partial charge on any atom is -0.457 e. The van der Waals surface area contributed by atoms with Crippen LogP contribution in [-0.2, 0) is 10.0 Å². The van der Waals surface area contributed by atoms with Gasteiger partial charge in [0.2, 0.25) is 10.0 Å². The highest BCUT2D eigenvalue weighted by molar-refractivity contribution is 7.89. The van der Waals surface area contributed by atoms with Crippen molar-refractivity contribution in [3.05, 3.63) is 91.9 Å². The summed E-state index contributed by atoms with van der Waals surface area (Å²) in [5.74, 6) is 1.10. The molecule has 2 aromatic carbocycles. The molecule has 2 aromatic heterocycles. The van der Waals surface area contributed by atoms with Crippen LogP contribution in [0.5, 0.6) is 0 Å². The summed E-state index contributed by atoms with van der Waals surface area (Å²) in [5, 5.41) is 9.34. The normalized spacial score (nSPS) is 12.4. The van der Waals surface area contributed by atoms with Gasteiger partial charge in [-0.1, -0.05) is 30.3 Å².